The van der Waals surface area contributed by atoms with Crippen LogP contribution in [0.4, 0.5) is 5.82 Å². The minimum atomic E-state index is -0.436. The maximum Gasteiger partial charge on any atom is 0.248 e. The summed E-state index contributed by atoms with van der Waals surface area (Å²) in [5.41, 5.74) is 3.94. The summed E-state index contributed by atoms with van der Waals surface area (Å²) in [6.45, 7) is 3.96. The summed E-state index contributed by atoms with van der Waals surface area (Å²) in [7, 11) is 1.68. The first-order valence-electron chi connectivity index (χ1n) is 8.16. The van der Waals surface area contributed by atoms with Crippen LogP contribution in [0, 0.1) is 13.8 Å². The molecule has 1 aromatic carbocycles. The summed E-state index contributed by atoms with van der Waals surface area (Å²) in [6.07, 6.45) is 1.93. The molecule has 1 unspecified atom stereocenters. The molecule has 0 radical (unpaired) electrons. The lowest BCUT2D eigenvalue weighted by Crippen LogP contribution is -2.47. The monoisotopic (exact) mass is 326 g/mol. The molecule has 3 rings (SSSR count). The summed E-state index contributed by atoms with van der Waals surface area (Å²) in [5.74, 6) is 0.330. The number of likely N-dealkylation sites (N-methyl/N-ethyl adjacent to an activating group) is 1. The number of hydrogen-bond donors (Lipinski definition) is 2. The normalized spacial score (nSPS) is 17.9. The second-order valence-electron chi connectivity index (χ2n) is 6.34. The maximum absolute atomic E-state index is 12.6. The van der Waals surface area contributed by atoms with Gasteiger partial charge in [0.2, 0.25) is 11.8 Å². The molecule has 1 fully saturated rings. The lowest BCUT2D eigenvalue weighted by molar-refractivity contribution is -0.140. The number of aromatic amines is 1. The Bertz CT molecular complexity index is 764. The van der Waals surface area contributed by atoms with E-state index >= 15 is 0 Å². The average molecular weight is 326 g/mol. The van der Waals surface area contributed by atoms with Gasteiger partial charge >= 0.3 is 0 Å². The number of piperidine rings is 1. The van der Waals surface area contributed by atoms with E-state index in [2.05, 4.69) is 15.5 Å². The van der Waals surface area contributed by atoms with E-state index in [0.717, 1.165) is 23.2 Å². The Balaban J connectivity index is 1.84. The number of anilines is 1. The molecule has 2 amide bonds. The van der Waals surface area contributed by atoms with Gasteiger partial charge in [-0.25, -0.2) is 0 Å². The van der Waals surface area contributed by atoms with Crippen molar-refractivity contribution in [2.75, 3.05) is 12.4 Å². The Hall–Kier alpha value is -2.63. The molecule has 0 bridgehead atoms. The fraction of sp³-hybridized carbons (Fsp3) is 0.389. The zero-order valence-corrected chi connectivity index (χ0v) is 14.2. The highest BCUT2D eigenvalue weighted by molar-refractivity contribution is 5.99. The second-order valence-corrected chi connectivity index (χ2v) is 6.34. The van der Waals surface area contributed by atoms with Gasteiger partial charge < -0.3 is 10.2 Å². The van der Waals surface area contributed by atoms with Crippen molar-refractivity contribution in [3.8, 4) is 11.1 Å². The largest absolute Gasteiger partial charge is 0.334 e. The van der Waals surface area contributed by atoms with Gasteiger partial charge in [0.25, 0.3) is 0 Å². The minimum Gasteiger partial charge on any atom is -0.334 e. The van der Waals surface area contributed by atoms with Gasteiger partial charge in [0.1, 0.15) is 6.04 Å². The minimum absolute atomic E-state index is 0.0124. The van der Waals surface area contributed by atoms with E-state index in [9.17, 15) is 9.59 Å². The van der Waals surface area contributed by atoms with Crippen molar-refractivity contribution in [3.63, 3.8) is 0 Å². The number of likely N-dealkylation sites (tertiary alicyclic amines) is 1. The average Bonchev–Trinajstić information content (AvgIpc) is 2.91. The molecule has 2 heterocycles. The predicted octanol–water partition coefficient (Wildman–Crippen LogP) is 2.64. The standard InChI is InChI=1S/C18H22N4O2/c1-11-7-9-13(10-8-11)16-12(2)20-21-17(16)19-18(24)14-5-4-6-15(23)22(14)3/h7-10,14H,4-6H2,1-3H3,(H2,19,20,21,24). The lowest BCUT2D eigenvalue weighted by atomic mass is 10.0. The van der Waals surface area contributed by atoms with E-state index < -0.39 is 6.04 Å². The number of nitrogens with one attached hydrogen (secondary N) is 2. The molecule has 126 valence electrons. The second kappa shape index (κ2) is 6.47. The van der Waals surface area contributed by atoms with Crippen LogP contribution >= 0.6 is 0 Å². The molecule has 0 saturated carbocycles. The van der Waals surface area contributed by atoms with E-state index in [1.807, 2.05) is 38.1 Å². The lowest BCUT2D eigenvalue weighted by Gasteiger charge is -2.31. The predicted molar refractivity (Wildman–Crippen MR) is 92.5 cm³/mol. The quantitative estimate of drug-likeness (QED) is 0.910. The van der Waals surface area contributed by atoms with Crippen LogP contribution in [0.1, 0.15) is 30.5 Å². The number of hydrogen-bond acceptors (Lipinski definition) is 3. The molecule has 2 aromatic rings. The smallest absolute Gasteiger partial charge is 0.248 e. The first kappa shape index (κ1) is 16.2. The summed E-state index contributed by atoms with van der Waals surface area (Å²) < 4.78 is 0. The van der Waals surface area contributed by atoms with E-state index in [-0.39, 0.29) is 11.8 Å². The van der Waals surface area contributed by atoms with Gasteiger partial charge in [0, 0.05) is 24.7 Å². The van der Waals surface area contributed by atoms with E-state index in [4.69, 9.17) is 0 Å². The van der Waals surface area contributed by atoms with Crippen molar-refractivity contribution in [2.24, 2.45) is 0 Å². The van der Waals surface area contributed by atoms with Gasteiger partial charge in [-0.2, -0.15) is 5.10 Å². The van der Waals surface area contributed by atoms with Crippen molar-refractivity contribution in [1.82, 2.24) is 15.1 Å². The highest BCUT2D eigenvalue weighted by Gasteiger charge is 2.31. The van der Waals surface area contributed by atoms with E-state index in [1.165, 1.54) is 10.5 Å². The van der Waals surface area contributed by atoms with Crippen LogP contribution in [-0.4, -0.2) is 40.0 Å². The number of carbonyl (C=O) groups is 2. The molecule has 6 nitrogen and oxygen atoms in total. The first-order valence-corrected chi connectivity index (χ1v) is 8.16. The van der Waals surface area contributed by atoms with Crippen LogP contribution in [-0.2, 0) is 9.59 Å². The number of carbonyl (C=O) groups excluding carboxylic acids is 2. The summed E-state index contributed by atoms with van der Waals surface area (Å²) in [4.78, 5) is 26.0. The van der Waals surface area contributed by atoms with Crippen molar-refractivity contribution < 1.29 is 9.59 Å². The van der Waals surface area contributed by atoms with Crippen LogP contribution in [0.3, 0.4) is 0 Å². The molecule has 0 aliphatic carbocycles. The van der Waals surface area contributed by atoms with Crippen molar-refractivity contribution in [3.05, 3.63) is 35.5 Å². The van der Waals surface area contributed by atoms with Crippen molar-refractivity contribution in [1.29, 1.82) is 0 Å². The third-order valence-electron chi connectivity index (χ3n) is 4.56. The van der Waals surface area contributed by atoms with Gasteiger partial charge in [-0.3, -0.25) is 14.7 Å². The SMILES string of the molecule is Cc1ccc(-c2c(NC(=O)C3CCCC(=O)N3C)n[nH]c2C)cc1. The number of amides is 2. The van der Waals surface area contributed by atoms with Gasteiger partial charge in [0.05, 0.1) is 0 Å². The highest BCUT2D eigenvalue weighted by Crippen LogP contribution is 2.30. The Morgan fingerprint density at radius 3 is 2.71 bits per heavy atom. The van der Waals surface area contributed by atoms with Crippen LogP contribution < -0.4 is 5.32 Å². The number of benzene rings is 1. The Morgan fingerprint density at radius 1 is 1.29 bits per heavy atom. The maximum atomic E-state index is 12.6. The third-order valence-corrected chi connectivity index (χ3v) is 4.56. The molecule has 6 heteroatoms. The summed E-state index contributed by atoms with van der Waals surface area (Å²) in [5, 5.41) is 10.1. The Morgan fingerprint density at radius 2 is 2.00 bits per heavy atom. The van der Waals surface area contributed by atoms with Crippen LogP contribution in [0.2, 0.25) is 0 Å². The molecular weight excluding hydrogens is 304 g/mol. The molecule has 2 N–H and O–H groups in total. The van der Waals surface area contributed by atoms with Crippen LogP contribution in [0.25, 0.3) is 11.1 Å². The molecule has 0 spiro atoms. The Labute approximate surface area is 141 Å². The fourth-order valence-corrected chi connectivity index (χ4v) is 3.09. The van der Waals surface area contributed by atoms with E-state index in [0.29, 0.717) is 18.7 Å². The van der Waals surface area contributed by atoms with E-state index in [1.54, 1.807) is 7.05 Å². The van der Waals surface area contributed by atoms with Crippen molar-refractivity contribution in [2.45, 2.75) is 39.2 Å². The third kappa shape index (κ3) is 3.04. The van der Waals surface area contributed by atoms with Crippen LogP contribution in [0.5, 0.6) is 0 Å². The molecule has 1 atom stereocenters. The van der Waals surface area contributed by atoms with Crippen molar-refractivity contribution >= 4 is 17.6 Å². The zero-order valence-electron chi connectivity index (χ0n) is 14.2. The van der Waals surface area contributed by atoms with Gasteiger partial charge in [-0.15, -0.1) is 0 Å². The number of aryl methyl sites for hydroxylation is 2. The molecule has 1 aliphatic heterocycles. The first-order chi connectivity index (χ1) is 11.5. The number of aromatic nitrogens is 2. The molecule has 1 aliphatic rings. The highest BCUT2D eigenvalue weighted by atomic mass is 16.2. The zero-order chi connectivity index (χ0) is 17.3. The number of H-pyrrole nitrogens is 1. The molecule has 24 heavy (non-hydrogen) atoms. The van der Waals surface area contributed by atoms with Gasteiger partial charge in [-0.05, 0) is 32.3 Å². The fourth-order valence-electron chi connectivity index (χ4n) is 3.09. The van der Waals surface area contributed by atoms with Gasteiger partial charge in [0.15, 0.2) is 5.82 Å². The summed E-state index contributed by atoms with van der Waals surface area (Å²) in [6, 6.07) is 7.65. The van der Waals surface area contributed by atoms with Gasteiger partial charge in [-0.1, -0.05) is 29.8 Å². The molecular formula is C18H22N4O2. The Kier molecular flexibility index (Phi) is 4.38. The molecule has 1 saturated heterocycles. The summed E-state index contributed by atoms with van der Waals surface area (Å²) >= 11 is 0. The number of rotatable bonds is 3. The topological polar surface area (TPSA) is 78.1 Å². The number of nitrogens with zero attached hydrogens (tertiary/aromatic N) is 2. The van der Waals surface area contributed by atoms with Crippen LogP contribution in [0.15, 0.2) is 24.3 Å². The molecule has 1 aromatic heterocycles.